The number of nitrogens with zero attached hydrogens (tertiary/aromatic N) is 3. The monoisotopic (exact) mass is 589 g/mol. The van der Waals surface area contributed by atoms with Gasteiger partial charge in [-0.05, 0) is 72.2 Å². The van der Waals surface area contributed by atoms with Crippen LogP contribution in [0.15, 0.2) is 157 Å². The van der Waals surface area contributed by atoms with Crippen LogP contribution in [0, 0.1) is 0 Å². The van der Waals surface area contributed by atoms with Crippen molar-refractivity contribution in [3.8, 4) is 28.3 Å². The molecule has 1 aliphatic carbocycles. The van der Waals surface area contributed by atoms with Crippen molar-refractivity contribution in [1.29, 1.82) is 0 Å². The van der Waals surface area contributed by atoms with Crippen LogP contribution in [0.4, 0.5) is 22.7 Å². The topological polar surface area (TPSA) is 20.6 Å². The number of anilines is 4. The van der Waals surface area contributed by atoms with Crippen LogP contribution in [0.2, 0.25) is 0 Å². The molecule has 0 saturated heterocycles. The van der Waals surface area contributed by atoms with E-state index < -0.39 is 0 Å². The number of para-hydroxylation sites is 5. The van der Waals surface area contributed by atoms with E-state index in [1.807, 2.05) is 0 Å². The van der Waals surface area contributed by atoms with Gasteiger partial charge in [-0.25, -0.2) is 0 Å². The van der Waals surface area contributed by atoms with Gasteiger partial charge in [0, 0.05) is 33.6 Å². The lowest BCUT2D eigenvalue weighted by Crippen LogP contribution is -2.33. The maximum absolute atomic E-state index is 6.88. The highest BCUT2D eigenvalue weighted by atomic mass is 16.5. The lowest BCUT2D eigenvalue weighted by molar-refractivity contribution is 0.477. The van der Waals surface area contributed by atoms with Crippen molar-refractivity contribution < 1.29 is 4.74 Å². The summed E-state index contributed by atoms with van der Waals surface area (Å²) in [5.74, 6) is 2.12. The Morgan fingerprint density at radius 2 is 1.28 bits per heavy atom. The van der Waals surface area contributed by atoms with Crippen molar-refractivity contribution >= 4 is 44.6 Å². The van der Waals surface area contributed by atoms with Crippen LogP contribution in [0.25, 0.3) is 38.6 Å². The highest BCUT2D eigenvalue weighted by Crippen LogP contribution is 2.63. The maximum atomic E-state index is 6.88. The minimum atomic E-state index is 0.343. The second-order valence-electron chi connectivity index (χ2n) is 12.5. The summed E-state index contributed by atoms with van der Waals surface area (Å²) >= 11 is 0. The van der Waals surface area contributed by atoms with Gasteiger partial charge in [-0.3, -0.25) is 4.90 Å². The SMILES string of the molecule is C1=CC2=C3C(C1)c1ccccc1N3c1cccc3c1N2c1cccc(-c2ccc(-n4c5ccccc5c5ccccc54)cc2)c1O3. The van der Waals surface area contributed by atoms with Crippen LogP contribution in [-0.2, 0) is 0 Å². The molecule has 0 bridgehead atoms. The molecule has 11 rings (SSSR count). The first-order chi connectivity index (χ1) is 22.8. The van der Waals surface area contributed by atoms with Crippen LogP contribution in [0.1, 0.15) is 17.9 Å². The highest BCUT2D eigenvalue weighted by molar-refractivity contribution is 6.09. The Hall–Kier alpha value is -6.00. The molecule has 0 N–H and O–H groups in total. The van der Waals surface area contributed by atoms with Gasteiger partial charge in [-0.15, -0.1) is 0 Å². The largest absolute Gasteiger partial charge is 0.452 e. The molecule has 216 valence electrons. The summed E-state index contributed by atoms with van der Waals surface area (Å²) in [6.45, 7) is 0. The van der Waals surface area contributed by atoms with E-state index >= 15 is 0 Å². The van der Waals surface area contributed by atoms with Gasteiger partial charge in [0.05, 0.1) is 33.8 Å². The molecular formula is C42H27N3O. The first-order valence-corrected chi connectivity index (χ1v) is 16.0. The Bertz CT molecular complexity index is 2450. The van der Waals surface area contributed by atoms with Gasteiger partial charge in [0.15, 0.2) is 11.5 Å². The zero-order valence-electron chi connectivity index (χ0n) is 24.9. The molecule has 1 unspecified atom stereocenters. The molecule has 0 fully saturated rings. The van der Waals surface area contributed by atoms with Crippen molar-refractivity contribution in [1.82, 2.24) is 4.57 Å². The van der Waals surface area contributed by atoms with Crippen molar-refractivity contribution in [3.05, 3.63) is 163 Å². The summed E-state index contributed by atoms with van der Waals surface area (Å²) in [6.07, 6.45) is 5.66. The smallest absolute Gasteiger partial charge is 0.159 e. The van der Waals surface area contributed by atoms with Crippen LogP contribution in [0.5, 0.6) is 11.5 Å². The molecule has 0 spiro atoms. The zero-order valence-corrected chi connectivity index (χ0v) is 24.9. The van der Waals surface area contributed by atoms with Gasteiger partial charge in [0.25, 0.3) is 0 Å². The van der Waals surface area contributed by atoms with E-state index in [4.69, 9.17) is 4.74 Å². The first kappa shape index (κ1) is 24.3. The van der Waals surface area contributed by atoms with Crippen molar-refractivity contribution in [3.63, 3.8) is 0 Å². The number of rotatable bonds is 2. The number of hydrogen-bond acceptors (Lipinski definition) is 3. The third-order valence-corrected chi connectivity index (χ3v) is 10.2. The first-order valence-electron chi connectivity index (χ1n) is 16.0. The molecule has 46 heavy (non-hydrogen) atoms. The summed E-state index contributed by atoms with van der Waals surface area (Å²) in [6, 6.07) is 48.1. The van der Waals surface area contributed by atoms with Gasteiger partial charge in [0.2, 0.25) is 0 Å². The van der Waals surface area contributed by atoms with E-state index in [0.29, 0.717) is 5.92 Å². The predicted octanol–water partition coefficient (Wildman–Crippen LogP) is 11.1. The summed E-state index contributed by atoms with van der Waals surface area (Å²) < 4.78 is 9.24. The second kappa shape index (κ2) is 8.80. The summed E-state index contributed by atoms with van der Waals surface area (Å²) in [5.41, 5.74) is 14.4. The zero-order chi connectivity index (χ0) is 29.9. The molecule has 4 heterocycles. The molecule has 4 aliphatic rings. The molecular weight excluding hydrogens is 562 g/mol. The number of ether oxygens (including phenoxy) is 1. The third-order valence-electron chi connectivity index (χ3n) is 10.2. The lowest BCUT2D eigenvalue weighted by atomic mass is 9.89. The van der Waals surface area contributed by atoms with Gasteiger partial charge < -0.3 is 14.2 Å². The normalized spacial score (nSPS) is 16.7. The highest BCUT2D eigenvalue weighted by Gasteiger charge is 2.46. The van der Waals surface area contributed by atoms with E-state index in [0.717, 1.165) is 46.1 Å². The number of benzene rings is 6. The van der Waals surface area contributed by atoms with Crippen LogP contribution >= 0.6 is 0 Å². The number of hydrogen-bond donors (Lipinski definition) is 0. The Labute approximate surface area is 266 Å². The standard InChI is InChI=1S/C42H27N3O/c1-4-15-33-29(10-1)30-11-2-5-16-34(30)43(33)27-24-22-26(23-25-27)28-13-7-20-38-42(28)46-39-21-9-19-37-41(39)45(38)36-18-8-14-32-31-12-3-6-17-35(31)44(37)40(32)36/h1-13,15-25,32H,14H2. The van der Waals surface area contributed by atoms with E-state index in [2.05, 4.69) is 160 Å². The van der Waals surface area contributed by atoms with Gasteiger partial charge in [-0.2, -0.15) is 0 Å². The molecule has 1 aromatic heterocycles. The molecule has 0 amide bonds. The maximum Gasteiger partial charge on any atom is 0.159 e. The molecule has 4 heteroatoms. The molecule has 6 aromatic carbocycles. The second-order valence-corrected chi connectivity index (χ2v) is 12.5. The van der Waals surface area contributed by atoms with Crippen molar-refractivity contribution in [2.24, 2.45) is 0 Å². The van der Waals surface area contributed by atoms with Gasteiger partial charge in [0.1, 0.15) is 5.69 Å². The summed E-state index contributed by atoms with van der Waals surface area (Å²) in [5, 5.41) is 2.54. The van der Waals surface area contributed by atoms with E-state index in [1.54, 1.807) is 0 Å². The summed E-state index contributed by atoms with van der Waals surface area (Å²) in [4.78, 5) is 4.92. The van der Waals surface area contributed by atoms with Crippen molar-refractivity contribution in [2.75, 3.05) is 9.80 Å². The van der Waals surface area contributed by atoms with Crippen molar-refractivity contribution in [2.45, 2.75) is 12.3 Å². The quantitative estimate of drug-likeness (QED) is 0.200. The lowest BCUT2D eigenvalue weighted by Gasteiger charge is -2.44. The van der Waals surface area contributed by atoms with Gasteiger partial charge in [-0.1, -0.05) is 91.0 Å². The molecule has 0 radical (unpaired) electrons. The molecule has 4 nitrogen and oxygen atoms in total. The Kier molecular flexibility index (Phi) is 4.66. The van der Waals surface area contributed by atoms with E-state index in [-0.39, 0.29) is 0 Å². The predicted molar refractivity (Wildman–Crippen MR) is 187 cm³/mol. The molecule has 7 aromatic rings. The van der Waals surface area contributed by atoms with Crippen LogP contribution < -0.4 is 14.5 Å². The van der Waals surface area contributed by atoms with Crippen LogP contribution in [-0.4, -0.2) is 4.57 Å². The third kappa shape index (κ3) is 3.03. The summed E-state index contributed by atoms with van der Waals surface area (Å²) in [7, 11) is 0. The Balaban J connectivity index is 1.07. The molecule has 0 saturated carbocycles. The number of aromatic nitrogens is 1. The Morgan fingerprint density at radius 1 is 0.587 bits per heavy atom. The van der Waals surface area contributed by atoms with E-state index in [9.17, 15) is 0 Å². The fraction of sp³-hybridized carbons (Fsp3) is 0.0476. The average Bonchev–Trinajstić information content (AvgIpc) is 3.64. The van der Waals surface area contributed by atoms with Gasteiger partial charge >= 0.3 is 0 Å². The minimum Gasteiger partial charge on any atom is -0.452 e. The Morgan fingerprint density at radius 3 is 2.11 bits per heavy atom. The fourth-order valence-corrected chi connectivity index (χ4v) is 8.31. The number of allylic oxidation sites excluding steroid dienone is 3. The molecule has 3 aliphatic heterocycles. The minimum absolute atomic E-state index is 0.343. The van der Waals surface area contributed by atoms with E-state index in [1.165, 1.54) is 50.1 Å². The fourth-order valence-electron chi connectivity index (χ4n) is 8.31. The number of fused-ring (bicyclic) bond motifs is 10. The van der Waals surface area contributed by atoms with Crippen LogP contribution in [0.3, 0.4) is 0 Å². The average molecular weight is 590 g/mol. The molecule has 1 atom stereocenters.